The number of carbonyl (C=O) groups is 4. The van der Waals surface area contributed by atoms with E-state index in [9.17, 15) is 19.2 Å². The van der Waals surface area contributed by atoms with Gasteiger partial charge in [-0.3, -0.25) is 14.4 Å². The number of aryl methyl sites for hydroxylation is 4. The molecule has 0 radical (unpaired) electrons. The Morgan fingerprint density at radius 1 is 0.902 bits per heavy atom. The van der Waals surface area contributed by atoms with Crippen molar-refractivity contribution >= 4 is 29.5 Å². The maximum Gasteiger partial charge on any atom is 0.408 e. The maximum absolute atomic E-state index is 14.4. The smallest absolute Gasteiger partial charge is 0.408 e. The van der Waals surface area contributed by atoms with E-state index in [1.54, 1.807) is 20.8 Å². The predicted molar refractivity (Wildman–Crippen MR) is 161 cm³/mol. The molecule has 2 rings (SSSR count). The average Bonchev–Trinajstić information content (AvgIpc) is 2.80. The molecule has 9 nitrogen and oxygen atoms in total. The third-order valence-corrected chi connectivity index (χ3v) is 6.58. The molecule has 0 aliphatic rings. The minimum atomic E-state index is -1.17. The van der Waals surface area contributed by atoms with Gasteiger partial charge in [0.2, 0.25) is 11.8 Å². The second-order valence-corrected chi connectivity index (χ2v) is 12.6. The van der Waals surface area contributed by atoms with E-state index >= 15 is 0 Å². The van der Waals surface area contributed by atoms with Gasteiger partial charge in [-0.05, 0) is 97.9 Å². The Hall–Kier alpha value is -3.88. The standard InChI is InChI=1S/C32H46N4O5/c1-19-14-15-23(22(4)18-19)27(28(38)35-26-20(2)12-11-13-21(26)3)36(31(5,6)7)29(39)24(16-17-25(33)37)34-30(40)41-32(8,9)10/h11-15,18,24,27H,16-17H2,1-10H3,(H2,33,37)(H,34,40)(H,35,38). The molecule has 4 amide bonds. The zero-order chi connectivity index (χ0) is 31.3. The molecule has 0 fully saturated rings. The zero-order valence-corrected chi connectivity index (χ0v) is 26.1. The molecule has 0 aliphatic heterocycles. The maximum atomic E-state index is 14.4. The summed E-state index contributed by atoms with van der Waals surface area (Å²) in [6.07, 6.45) is -1.01. The number of alkyl carbamates (subject to hydrolysis) is 1. The fourth-order valence-electron chi connectivity index (χ4n) is 4.74. The predicted octanol–water partition coefficient (Wildman–Crippen LogP) is 5.39. The fourth-order valence-corrected chi connectivity index (χ4v) is 4.74. The van der Waals surface area contributed by atoms with Gasteiger partial charge in [0, 0.05) is 17.6 Å². The number of carbonyl (C=O) groups excluding carboxylic acids is 4. The number of rotatable bonds is 9. The second-order valence-electron chi connectivity index (χ2n) is 12.6. The van der Waals surface area contributed by atoms with Crippen LogP contribution >= 0.6 is 0 Å². The lowest BCUT2D eigenvalue weighted by atomic mass is 9.91. The van der Waals surface area contributed by atoms with Crippen molar-refractivity contribution in [2.45, 2.75) is 105 Å². The van der Waals surface area contributed by atoms with Gasteiger partial charge < -0.3 is 26.0 Å². The summed E-state index contributed by atoms with van der Waals surface area (Å²) in [7, 11) is 0. The molecule has 0 bridgehead atoms. The summed E-state index contributed by atoms with van der Waals surface area (Å²) in [6.45, 7) is 18.3. The summed E-state index contributed by atoms with van der Waals surface area (Å²) in [5.41, 5.74) is 8.67. The van der Waals surface area contributed by atoms with E-state index in [0.717, 1.165) is 22.3 Å². The molecule has 0 aliphatic carbocycles. The first-order chi connectivity index (χ1) is 18.8. The summed E-state index contributed by atoms with van der Waals surface area (Å²) >= 11 is 0. The molecule has 2 aromatic carbocycles. The van der Waals surface area contributed by atoms with E-state index in [4.69, 9.17) is 10.5 Å². The second kappa shape index (κ2) is 13.2. The molecule has 224 valence electrons. The van der Waals surface area contributed by atoms with Crippen LogP contribution in [0.25, 0.3) is 0 Å². The van der Waals surface area contributed by atoms with Crippen LogP contribution in [-0.2, 0) is 19.1 Å². The van der Waals surface area contributed by atoms with Gasteiger partial charge in [0.05, 0.1) is 0 Å². The van der Waals surface area contributed by atoms with E-state index in [-0.39, 0.29) is 12.8 Å². The first kappa shape index (κ1) is 33.3. The van der Waals surface area contributed by atoms with Crippen LogP contribution in [0.15, 0.2) is 36.4 Å². The lowest BCUT2D eigenvalue weighted by molar-refractivity contribution is -0.147. The van der Waals surface area contributed by atoms with Crippen molar-refractivity contribution < 1.29 is 23.9 Å². The molecule has 2 atom stereocenters. The summed E-state index contributed by atoms with van der Waals surface area (Å²) in [5, 5.41) is 5.69. The van der Waals surface area contributed by atoms with E-state index in [1.807, 2.05) is 84.9 Å². The van der Waals surface area contributed by atoms with Gasteiger partial charge in [-0.25, -0.2) is 4.79 Å². The van der Waals surface area contributed by atoms with Gasteiger partial charge in [0.15, 0.2) is 0 Å². The van der Waals surface area contributed by atoms with Crippen molar-refractivity contribution in [1.29, 1.82) is 0 Å². The first-order valence-electron chi connectivity index (χ1n) is 13.9. The van der Waals surface area contributed by atoms with Crippen LogP contribution in [0.4, 0.5) is 10.5 Å². The number of ether oxygens (including phenoxy) is 1. The molecule has 2 aromatic rings. The summed E-state index contributed by atoms with van der Waals surface area (Å²) in [5.74, 6) is -1.55. The van der Waals surface area contributed by atoms with Crippen molar-refractivity contribution in [3.8, 4) is 0 Å². The van der Waals surface area contributed by atoms with Crippen molar-refractivity contribution in [3.05, 3.63) is 64.2 Å². The molecular weight excluding hydrogens is 520 g/mol. The Morgan fingerprint density at radius 2 is 1.49 bits per heavy atom. The number of nitrogens with zero attached hydrogens (tertiary/aromatic N) is 1. The lowest BCUT2D eigenvalue weighted by Crippen LogP contribution is -2.58. The Morgan fingerprint density at radius 3 is 1.98 bits per heavy atom. The highest BCUT2D eigenvalue weighted by Gasteiger charge is 2.42. The van der Waals surface area contributed by atoms with Crippen molar-refractivity contribution in [1.82, 2.24) is 10.2 Å². The number of para-hydroxylation sites is 1. The largest absolute Gasteiger partial charge is 0.444 e. The SMILES string of the molecule is Cc1ccc(C(C(=O)Nc2c(C)cccc2C)N(C(=O)C(CCC(N)=O)NC(=O)OC(C)(C)C)C(C)(C)C)c(C)c1. The summed E-state index contributed by atoms with van der Waals surface area (Å²) < 4.78 is 5.40. The molecule has 0 spiro atoms. The molecule has 41 heavy (non-hydrogen) atoms. The van der Waals surface area contributed by atoms with E-state index in [0.29, 0.717) is 11.3 Å². The van der Waals surface area contributed by atoms with Crippen LogP contribution in [0.5, 0.6) is 0 Å². The van der Waals surface area contributed by atoms with E-state index in [1.165, 1.54) is 4.90 Å². The minimum Gasteiger partial charge on any atom is -0.444 e. The van der Waals surface area contributed by atoms with E-state index < -0.39 is 47.0 Å². The van der Waals surface area contributed by atoms with Crippen molar-refractivity contribution in [3.63, 3.8) is 0 Å². The van der Waals surface area contributed by atoms with E-state index in [2.05, 4.69) is 10.6 Å². The van der Waals surface area contributed by atoms with Crippen LogP contribution in [0.2, 0.25) is 0 Å². The molecular formula is C32H46N4O5. The van der Waals surface area contributed by atoms with Crippen molar-refractivity contribution in [2.24, 2.45) is 5.73 Å². The van der Waals surface area contributed by atoms with Gasteiger partial charge >= 0.3 is 6.09 Å². The van der Waals surface area contributed by atoms with Crippen LogP contribution < -0.4 is 16.4 Å². The van der Waals surface area contributed by atoms with Gasteiger partial charge in [-0.15, -0.1) is 0 Å². The first-order valence-corrected chi connectivity index (χ1v) is 13.9. The topological polar surface area (TPSA) is 131 Å². The Bertz CT molecular complexity index is 1270. The number of nitrogens with two attached hydrogens (primary N) is 1. The molecule has 9 heteroatoms. The number of primary amides is 1. The molecule has 0 saturated carbocycles. The molecule has 4 N–H and O–H groups in total. The highest BCUT2D eigenvalue weighted by Crippen LogP contribution is 2.34. The highest BCUT2D eigenvalue weighted by atomic mass is 16.6. The molecule has 2 unspecified atom stereocenters. The zero-order valence-electron chi connectivity index (χ0n) is 26.1. The Labute approximate surface area is 244 Å². The normalized spacial score (nSPS) is 13.1. The van der Waals surface area contributed by atoms with Crippen molar-refractivity contribution in [2.75, 3.05) is 5.32 Å². The lowest BCUT2D eigenvalue weighted by Gasteiger charge is -2.43. The summed E-state index contributed by atoms with van der Waals surface area (Å²) in [6, 6.07) is 9.22. The number of benzene rings is 2. The number of hydrogen-bond donors (Lipinski definition) is 3. The third kappa shape index (κ3) is 9.33. The fraction of sp³-hybridized carbons (Fsp3) is 0.500. The van der Waals surface area contributed by atoms with Gasteiger partial charge in [0.25, 0.3) is 5.91 Å². The number of nitrogens with one attached hydrogen (secondary N) is 2. The summed E-state index contributed by atoms with van der Waals surface area (Å²) in [4.78, 5) is 54.6. The quantitative estimate of drug-likeness (QED) is 0.375. The third-order valence-electron chi connectivity index (χ3n) is 6.58. The number of amides is 4. The Balaban J connectivity index is 2.69. The van der Waals surface area contributed by atoms with Gasteiger partial charge in [0.1, 0.15) is 17.7 Å². The number of anilines is 1. The van der Waals surface area contributed by atoms with Crippen LogP contribution in [-0.4, -0.2) is 45.9 Å². The molecule has 0 heterocycles. The Kier molecular flexibility index (Phi) is 10.7. The van der Waals surface area contributed by atoms with Crippen LogP contribution in [0.3, 0.4) is 0 Å². The monoisotopic (exact) mass is 566 g/mol. The molecule has 0 saturated heterocycles. The van der Waals surface area contributed by atoms with Gasteiger partial charge in [-0.1, -0.05) is 42.0 Å². The highest BCUT2D eigenvalue weighted by molar-refractivity contribution is 6.00. The average molecular weight is 567 g/mol. The van der Waals surface area contributed by atoms with Crippen LogP contribution in [0.1, 0.15) is 88.2 Å². The van der Waals surface area contributed by atoms with Crippen LogP contribution in [0, 0.1) is 27.7 Å². The van der Waals surface area contributed by atoms with Gasteiger partial charge in [-0.2, -0.15) is 0 Å². The molecule has 0 aromatic heterocycles. The number of hydrogen-bond acceptors (Lipinski definition) is 5. The minimum absolute atomic E-state index is 0.0574.